The Balaban J connectivity index is 1.90. The highest BCUT2D eigenvalue weighted by Crippen LogP contribution is 2.22. The topological polar surface area (TPSA) is 61.5 Å². The van der Waals surface area contributed by atoms with Crippen molar-refractivity contribution in [3.63, 3.8) is 0 Å². The van der Waals surface area contributed by atoms with Gasteiger partial charge in [-0.15, -0.1) is 0 Å². The Morgan fingerprint density at radius 1 is 1.14 bits per heavy atom. The van der Waals surface area contributed by atoms with Crippen LogP contribution in [0.15, 0.2) is 47.4 Å². The summed E-state index contributed by atoms with van der Waals surface area (Å²) in [6.07, 6.45) is 0. The number of anilines is 1. The van der Waals surface area contributed by atoms with Gasteiger partial charge in [-0.3, -0.25) is 4.21 Å². The zero-order chi connectivity index (χ0) is 15.2. The molecule has 0 heterocycles. The van der Waals surface area contributed by atoms with E-state index in [1.54, 1.807) is 49.6 Å². The van der Waals surface area contributed by atoms with Gasteiger partial charge >= 0.3 is 0 Å². The Hall–Kier alpha value is -1.72. The van der Waals surface area contributed by atoms with E-state index in [1.807, 2.05) is 0 Å². The molecule has 0 saturated carbocycles. The number of halogens is 1. The average molecular weight is 326 g/mol. The Kier molecular flexibility index (Phi) is 5.47. The van der Waals surface area contributed by atoms with E-state index >= 15 is 0 Å². The summed E-state index contributed by atoms with van der Waals surface area (Å²) >= 11 is 5.89. The van der Waals surface area contributed by atoms with Crippen LogP contribution < -0.4 is 15.2 Å². The molecule has 0 bridgehead atoms. The molecule has 1 atom stereocenters. The van der Waals surface area contributed by atoms with Gasteiger partial charge < -0.3 is 15.2 Å². The number of nitrogen functional groups attached to an aromatic ring is 1. The summed E-state index contributed by atoms with van der Waals surface area (Å²) in [6.45, 7) is 0.324. The molecule has 0 fully saturated rings. The van der Waals surface area contributed by atoms with Crippen molar-refractivity contribution in [3.8, 4) is 11.5 Å². The highest BCUT2D eigenvalue weighted by Gasteiger charge is 2.09. The van der Waals surface area contributed by atoms with E-state index in [9.17, 15) is 4.21 Å². The lowest BCUT2D eigenvalue weighted by molar-refractivity contribution is 0.341. The first kappa shape index (κ1) is 15.7. The molecule has 6 heteroatoms. The van der Waals surface area contributed by atoms with Crippen molar-refractivity contribution < 1.29 is 13.7 Å². The maximum absolute atomic E-state index is 12.2. The second-order valence-corrected chi connectivity index (χ2v) is 6.23. The predicted molar refractivity (Wildman–Crippen MR) is 85.6 cm³/mol. The number of benzene rings is 2. The summed E-state index contributed by atoms with van der Waals surface area (Å²) in [5.41, 5.74) is 6.27. The van der Waals surface area contributed by atoms with Crippen molar-refractivity contribution in [1.82, 2.24) is 0 Å². The first-order valence-corrected chi connectivity index (χ1v) is 8.00. The zero-order valence-corrected chi connectivity index (χ0v) is 13.1. The van der Waals surface area contributed by atoms with Crippen molar-refractivity contribution >= 4 is 28.1 Å². The molecule has 0 radical (unpaired) electrons. The molecule has 0 spiro atoms. The van der Waals surface area contributed by atoms with Crippen molar-refractivity contribution in [2.24, 2.45) is 0 Å². The standard InChI is InChI=1S/C15H16ClNO3S/c1-19-12-3-5-13(6-4-12)20-8-9-21(18)15-10-11(16)2-7-14(15)17/h2-7,10H,8-9,17H2,1H3. The summed E-state index contributed by atoms with van der Waals surface area (Å²) < 4.78 is 22.8. The maximum atomic E-state index is 12.2. The van der Waals surface area contributed by atoms with Crippen LogP contribution in [0.4, 0.5) is 5.69 Å². The van der Waals surface area contributed by atoms with Gasteiger partial charge in [0.2, 0.25) is 0 Å². The number of hydrogen-bond donors (Lipinski definition) is 1. The van der Waals surface area contributed by atoms with Crippen LogP contribution in [-0.4, -0.2) is 23.7 Å². The van der Waals surface area contributed by atoms with Gasteiger partial charge in [0.05, 0.1) is 28.6 Å². The summed E-state index contributed by atoms with van der Waals surface area (Å²) in [7, 11) is 0.362. The Morgan fingerprint density at radius 3 is 2.48 bits per heavy atom. The minimum Gasteiger partial charge on any atom is -0.497 e. The molecule has 1 unspecified atom stereocenters. The van der Waals surface area contributed by atoms with Crippen LogP contribution in [0, 0.1) is 0 Å². The average Bonchev–Trinajstić information content (AvgIpc) is 2.50. The molecule has 0 aromatic heterocycles. The van der Waals surface area contributed by atoms with Gasteiger partial charge in [0.1, 0.15) is 18.1 Å². The number of ether oxygens (including phenoxy) is 2. The van der Waals surface area contributed by atoms with Crippen LogP contribution in [0.5, 0.6) is 11.5 Å². The lowest BCUT2D eigenvalue weighted by Crippen LogP contribution is -2.10. The largest absolute Gasteiger partial charge is 0.497 e. The van der Waals surface area contributed by atoms with Gasteiger partial charge in [-0.05, 0) is 42.5 Å². The number of nitrogens with two attached hydrogens (primary N) is 1. The monoisotopic (exact) mass is 325 g/mol. The molecule has 0 aliphatic rings. The van der Waals surface area contributed by atoms with Gasteiger partial charge in [-0.1, -0.05) is 11.6 Å². The summed E-state index contributed by atoms with van der Waals surface area (Å²) in [6, 6.07) is 12.2. The first-order chi connectivity index (χ1) is 10.1. The van der Waals surface area contributed by atoms with E-state index in [1.165, 1.54) is 0 Å². The van der Waals surface area contributed by atoms with Crippen LogP contribution in [0.3, 0.4) is 0 Å². The molecule has 2 N–H and O–H groups in total. The van der Waals surface area contributed by atoms with Crippen LogP contribution in [0.25, 0.3) is 0 Å². The number of rotatable bonds is 6. The van der Waals surface area contributed by atoms with E-state index < -0.39 is 10.8 Å². The normalized spacial score (nSPS) is 11.9. The third-order valence-corrected chi connectivity index (χ3v) is 4.43. The van der Waals surface area contributed by atoms with E-state index in [-0.39, 0.29) is 0 Å². The maximum Gasteiger partial charge on any atom is 0.119 e. The quantitative estimate of drug-likeness (QED) is 0.829. The second-order valence-electron chi connectivity index (χ2n) is 4.26. The minimum absolute atomic E-state index is 0.324. The van der Waals surface area contributed by atoms with Crippen molar-refractivity contribution in [2.45, 2.75) is 4.90 Å². The van der Waals surface area contributed by atoms with Gasteiger partial charge in [-0.2, -0.15) is 0 Å². The van der Waals surface area contributed by atoms with E-state index in [4.69, 9.17) is 26.8 Å². The Labute approximate surface area is 131 Å². The molecule has 0 aliphatic heterocycles. The van der Waals surface area contributed by atoms with Gasteiger partial charge in [0, 0.05) is 10.7 Å². The molecule has 0 saturated heterocycles. The minimum atomic E-state index is -1.24. The molecule has 2 aromatic carbocycles. The van der Waals surface area contributed by atoms with Gasteiger partial charge in [0.25, 0.3) is 0 Å². The molecular formula is C15H16ClNO3S. The van der Waals surface area contributed by atoms with Crippen LogP contribution in [0.1, 0.15) is 0 Å². The van der Waals surface area contributed by atoms with Crippen molar-refractivity contribution in [3.05, 3.63) is 47.5 Å². The van der Waals surface area contributed by atoms with E-state index in [2.05, 4.69) is 0 Å². The fourth-order valence-corrected chi connectivity index (χ4v) is 3.00. The summed E-state index contributed by atoms with van der Waals surface area (Å²) in [4.78, 5) is 0.542. The summed E-state index contributed by atoms with van der Waals surface area (Å²) in [5.74, 6) is 1.81. The number of methoxy groups -OCH3 is 1. The first-order valence-electron chi connectivity index (χ1n) is 6.30. The zero-order valence-electron chi connectivity index (χ0n) is 11.5. The second kappa shape index (κ2) is 7.33. The fraction of sp³-hybridized carbons (Fsp3) is 0.200. The predicted octanol–water partition coefficient (Wildman–Crippen LogP) is 3.12. The molecule has 0 aliphatic carbocycles. The molecule has 2 rings (SSSR count). The molecule has 112 valence electrons. The third-order valence-electron chi connectivity index (χ3n) is 2.82. The van der Waals surface area contributed by atoms with E-state index in [0.29, 0.717) is 33.7 Å². The van der Waals surface area contributed by atoms with E-state index in [0.717, 1.165) is 5.75 Å². The highest BCUT2D eigenvalue weighted by atomic mass is 35.5. The van der Waals surface area contributed by atoms with Gasteiger partial charge in [-0.25, -0.2) is 0 Å². The molecule has 2 aromatic rings. The highest BCUT2D eigenvalue weighted by molar-refractivity contribution is 7.85. The van der Waals surface area contributed by atoms with Crippen LogP contribution in [0.2, 0.25) is 5.02 Å². The molecule has 4 nitrogen and oxygen atoms in total. The Morgan fingerprint density at radius 2 is 1.81 bits per heavy atom. The van der Waals surface area contributed by atoms with Gasteiger partial charge in [0.15, 0.2) is 0 Å². The van der Waals surface area contributed by atoms with Crippen LogP contribution >= 0.6 is 11.6 Å². The lowest BCUT2D eigenvalue weighted by atomic mass is 10.3. The Bertz CT molecular complexity index is 631. The van der Waals surface area contributed by atoms with Crippen LogP contribution in [-0.2, 0) is 10.8 Å². The molecule has 0 amide bonds. The fourth-order valence-electron chi connectivity index (χ4n) is 1.72. The molecule has 21 heavy (non-hydrogen) atoms. The van der Waals surface area contributed by atoms with Crippen molar-refractivity contribution in [2.75, 3.05) is 25.2 Å². The molecular weight excluding hydrogens is 310 g/mol. The summed E-state index contributed by atoms with van der Waals surface area (Å²) in [5, 5.41) is 0.517. The SMILES string of the molecule is COc1ccc(OCCS(=O)c2cc(Cl)ccc2N)cc1. The number of hydrogen-bond acceptors (Lipinski definition) is 4. The third kappa shape index (κ3) is 4.37. The lowest BCUT2D eigenvalue weighted by Gasteiger charge is -2.08. The smallest absolute Gasteiger partial charge is 0.119 e. The van der Waals surface area contributed by atoms with Crippen molar-refractivity contribution in [1.29, 1.82) is 0 Å².